The Morgan fingerprint density at radius 1 is 1.31 bits per heavy atom. The molecule has 1 aromatic rings. The number of aromatic nitrogens is 1. The fraction of sp³-hybridized carbons (Fsp3) is 0.312. The number of rotatable bonds is 6. The number of methoxy groups -OCH3 is 1. The standard InChI is InChI=1S/C16H18N4O5S/c1-24-7-8-25-15-5-3-13(10-17-15)18-16(21)12-2-4-14-19-26(22,23)9-6-20(14)11-12/h2-5,10-11H,6-9H2,1H3,(H,18,21). The highest BCUT2D eigenvalue weighted by Gasteiger charge is 2.25. The van der Waals surface area contributed by atoms with Gasteiger partial charge in [-0.05, 0) is 18.2 Å². The van der Waals surface area contributed by atoms with E-state index in [0.717, 1.165) is 0 Å². The summed E-state index contributed by atoms with van der Waals surface area (Å²) in [6, 6.07) is 3.33. The molecule has 0 unspecified atom stereocenters. The maximum atomic E-state index is 12.4. The predicted octanol–water partition coefficient (Wildman–Crippen LogP) is 0.543. The van der Waals surface area contributed by atoms with Crippen molar-refractivity contribution in [1.82, 2.24) is 9.88 Å². The van der Waals surface area contributed by atoms with Gasteiger partial charge in [0.15, 0.2) is 0 Å². The Balaban J connectivity index is 1.62. The lowest BCUT2D eigenvalue weighted by atomic mass is 10.1. The first-order valence-corrected chi connectivity index (χ1v) is 9.46. The van der Waals surface area contributed by atoms with Gasteiger partial charge in [0.05, 0.1) is 29.8 Å². The summed E-state index contributed by atoms with van der Waals surface area (Å²) < 4.78 is 36.9. The highest BCUT2D eigenvalue weighted by atomic mass is 32.2. The van der Waals surface area contributed by atoms with Crippen LogP contribution in [0.2, 0.25) is 0 Å². The van der Waals surface area contributed by atoms with E-state index in [9.17, 15) is 13.2 Å². The number of amides is 1. The molecule has 0 bridgehead atoms. The van der Waals surface area contributed by atoms with E-state index in [2.05, 4.69) is 14.7 Å². The van der Waals surface area contributed by atoms with Gasteiger partial charge in [-0.25, -0.2) is 13.4 Å². The van der Waals surface area contributed by atoms with Crippen LogP contribution in [0.25, 0.3) is 0 Å². The molecule has 0 spiro atoms. The summed E-state index contributed by atoms with van der Waals surface area (Å²) in [5.74, 6) is 0.340. The number of anilines is 1. The molecule has 2 aliphatic rings. The molecule has 9 nitrogen and oxygen atoms in total. The molecule has 0 saturated heterocycles. The topological polar surface area (TPSA) is 110 Å². The van der Waals surface area contributed by atoms with Gasteiger partial charge in [-0.1, -0.05) is 0 Å². The number of sulfonamides is 1. The Bertz CT molecular complexity index is 874. The normalized spacial score (nSPS) is 17.8. The van der Waals surface area contributed by atoms with E-state index in [0.29, 0.717) is 36.2 Å². The second kappa shape index (κ2) is 7.67. The first-order chi connectivity index (χ1) is 12.5. The zero-order valence-corrected chi connectivity index (χ0v) is 14.9. The van der Waals surface area contributed by atoms with E-state index < -0.39 is 10.0 Å². The first kappa shape index (κ1) is 18.1. The second-order valence-corrected chi connectivity index (χ2v) is 7.28. The molecular formula is C16H18N4O5S. The van der Waals surface area contributed by atoms with E-state index >= 15 is 0 Å². The van der Waals surface area contributed by atoms with Crippen molar-refractivity contribution in [3.8, 4) is 5.88 Å². The molecule has 3 heterocycles. The summed E-state index contributed by atoms with van der Waals surface area (Å²) in [5, 5.41) is 2.73. The molecule has 10 heteroatoms. The molecule has 3 rings (SSSR count). The van der Waals surface area contributed by atoms with E-state index in [4.69, 9.17) is 9.47 Å². The van der Waals surface area contributed by atoms with Gasteiger partial charge in [0, 0.05) is 25.9 Å². The van der Waals surface area contributed by atoms with Gasteiger partial charge >= 0.3 is 0 Å². The summed E-state index contributed by atoms with van der Waals surface area (Å²) >= 11 is 0. The average molecular weight is 378 g/mol. The van der Waals surface area contributed by atoms with Crippen LogP contribution in [0.3, 0.4) is 0 Å². The average Bonchev–Trinajstić information content (AvgIpc) is 2.62. The van der Waals surface area contributed by atoms with Crippen molar-refractivity contribution < 1.29 is 22.7 Å². The molecular weight excluding hydrogens is 360 g/mol. The first-order valence-electron chi connectivity index (χ1n) is 7.85. The molecule has 1 aromatic heterocycles. The monoisotopic (exact) mass is 378 g/mol. The third kappa shape index (κ3) is 4.46. The van der Waals surface area contributed by atoms with Crippen molar-refractivity contribution in [2.75, 3.05) is 37.9 Å². The van der Waals surface area contributed by atoms with Gasteiger partial charge in [-0.15, -0.1) is 4.40 Å². The highest BCUT2D eigenvalue weighted by Crippen LogP contribution is 2.18. The quantitative estimate of drug-likeness (QED) is 0.720. The number of amidine groups is 1. The minimum atomic E-state index is -3.41. The van der Waals surface area contributed by atoms with E-state index in [-0.39, 0.29) is 18.2 Å². The van der Waals surface area contributed by atoms with Crippen molar-refractivity contribution in [1.29, 1.82) is 0 Å². The van der Waals surface area contributed by atoms with Crippen molar-refractivity contribution in [3.05, 3.63) is 42.3 Å². The Morgan fingerprint density at radius 3 is 2.88 bits per heavy atom. The smallest absolute Gasteiger partial charge is 0.257 e. The van der Waals surface area contributed by atoms with Crippen molar-refractivity contribution >= 4 is 27.5 Å². The van der Waals surface area contributed by atoms with E-state index in [1.807, 2.05) is 0 Å². The summed E-state index contributed by atoms with van der Waals surface area (Å²) in [7, 11) is -1.83. The number of nitrogens with zero attached hydrogens (tertiary/aromatic N) is 3. The fourth-order valence-electron chi connectivity index (χ4n) is 2.31. The Labute approximate surface area is 151 Å². The molecule has 1 N–H and O–H groups in total. The molecule has 1 amide bonds. The van der Waals surface area contributed by atoms with Crippen LogP contribution in [0, 0.1) is 0 Å². The van der Waals surface area contributed by atoms with Crippen molar-refractivity contribution in [3.63, 3.8) is 0 Å². The summed E-state index contributed by atoms with van der Waals surface area (Å²) in [4.78, 5) is 18.1. The van der Waals surface area contributed by atoms with Gasteiger partial charge in [-0.3, -0.25) is 4.79 Å². The maximum Gasteiger partial charge on any atom is 0.257 e. The molecule has 26 heavy (non-hydrogen) atoms. The third-order valence-corrected chi connectivity index (χ3v) is 4.78. The molecule has 0 aromatic carbocycles. The molecule has 0 saturated carbocycles. The van der Waals surface area contributed by atoms with Crippen molar-refractivity contribution in [2.45, 2.75) is 0 Å². The summed E-state index contributed by atoms with van der Waals surface area (Å²) in [5.41, 5.74) is 0.910. The number of hydrogen-bond donors (Lipinski definition) is 1. The number of carbonyl (C=O) groups is 1. The zero-order chi connectivity index (χ0) is 18.6. The molecule has 0 radical (unpaired) electrons. The SMILES string of the molecule is COCCOc1ccc(NC(=O)C2=CN3CCS(=O)(=O)N=C3C=C2)cn1. The Morgan fingerprint density at radius 2 is 2.15 bits per heavy atom. The maximum absolute atomic E-state index is 12.4. The lowest BCUT2D eigenvalue weighted by molar-refractivity contribution is -0.112. The molecule has 2 aliphatic heterocycles. The number of nitrogens with one attached hydrogen (secondary N) is 1. The molecule has 138 valence electrons. The summed E-state index contributed by atoms with van der Waals surface area (Å²) in [6.07, 6.45) is 6.11. The molecule has 0 atom stereocenters. The number of fused-ring (bicyclic) bond motifs is 1. The van der Waals surface area contributed by atoms with Crippen LogP contribution >= 0.6 is 0 Å². The van der Waals surface area contributed by atoms with Gasteiger partial charge in [0.2, 0.25) is 5.88 Å². The Hall–Kier alpha value is -2.72. The van der Waals surface area contributed by atoms with Crippen LogP contribution in [0.5, 0.6) is 5.88 Å². The Kier molecular flexibility index (Phi) is 5.33. The zero-order valence-electron chi connectivity index (χ0n) is 14.1. The lowest BCUT2D eigenvalue weighted by Gasteiger charge is -2.26. The third-order valence-electron chi connectivity index (χ3n) is 3.62. The van der Waals surface area contributed by atoms with Crippen LogP contribution < -0.4 is 10.1 Å². The molecule has 0 aliphatic carbocycles. The van der Waals surface area contributed by atoms with Gasteiger partial charge in [0.25, 0.3) is 15.9 Å². The van der Waals surface area contributed by atoms with Crippen LogP contribution in [0.1, 0.15) is 0 Å². The van der Waals surface area contributed by atoms with E-state index in [1.54, 1.807) is 30.3 Å². The van der Waals surface area contributed by atoms with Gasteiger partial charge < -0.3 is 19.7 Å². The van der Waals surface area contributed by atoms with Crippen molar-refractivity contribution in [2.24, 2.45) is 4.40 Å². The second-order valence-electron chi connectivity index (χ2n) is 5.53. The minimum Gasteiger partial charge on any atom is -0.475 e. The van der Waals surface area contributed by atoms with Gasteiger partial charge in [-0.2, -0.15) is 0 Å². The number of carbonyl (C=O) groups excluding carboxylic acids is 1. The summed E-state index contributed by atoms with van der Waals surface area (Å²) in [6.45, 7) is 1.11. The van der Waals surface area contributed by atoms with Crippen LogP contribution in [-0.2, 0) is 19.6 Å². The number of hydrogen-bond acceptors (Lipinski definition) is 7. The number of pyridine rings is 1. The van der Waals surface area contributed by atoms with Crippen LogP contribution in [-0.4, -0.2) is 62.7 Å². The van der Waals surface area contributed by atoms with Crippen LogP contribution in [0.4, 0.5) is 5.69 Å². The predicted molar refractivity (Wildman–Crippen MR) is 95.4 cm³/mol. The molecule has 0 fully saturated rings. The highest BCUT2D eigenvalue weighted by molar-refractivity contribution is 7.90. The van der Waals surface area contributed by atoms with E-state index in [1.165, 1.54) is 18.3 Å². The van der Waals surface area contributed by atoms with Crippen LogP contribution in [0.15, 0.2) is 46.7 Å². The minimum absolute atomic E-state index is 0.0792. The fourth-order valence-corrected chi connectivity index (χ4v) is 3.28. The lowest BCUT2D eigenvalue weighted by Crippen LogP contribution is -2.37. The largest absolute Gasteiger partial charge is 0.475 e. The van der Waals surface area contributed by atoms with Gasteiger partial charge in [0.1, 0.15) is 12.4 Å². The number of ether oxygens (including phenoxy) is 2.